The Morgan fingerprint density at radius 1 is 1.20 bits per heavy atom. The average Bonchev–Trinajstić information content (AvgIpc) is 3.10. The number of ether oxygens (including phenoxy) is 1. The number of hydrogen-bond donors (Lipinski definition) is 0. The van der Waals surface area contributed by atoms with Crippen LogP contribution < -0.4 is 0 Å². The van der Waals surface area contributed by atoms with Crippen molar-refractivity contribution in [1.82, 2.24) is 19.5 Å². The maximum atomic E-state index is 12.9. The Balaban J connectivity index is 2.12. The fourth-order valence-corrected chi connectivity index (χ4v) is 3.33. The third-order valence-corrected chi connectivity index (χ3v) is 4.70. The van der Waals surface area contributed by atoms with Crippen LogP contribution in [0.4, 0.5) is 13.2 Å². The fourth-order valence-electron chi connectivity index (χ4n) is 3.33. The third-order valence-electron chi connectivity index (χ3n) is 4.70. The van der Waals surface area contributed by atoms with Crippen molar-refractivity contribution in [3.05, 3.63) is 53.5 Å². The van der Waals surface area contributed by atoms with Crippen molar-refractivity contribution < 1.29 is 22.7 Å². The van der Waals surface area contributed by atoms with Gasteiger partial charge < -0.3 is 9.64 Å². The van der Waals surface area contributed by atoms with E-state index in [-0.39, 0.29) is 12.6 Å². The van der Waals surface area contributed by atoms with E-state index < -0.39 is 17.7 Å². The van der Waals surface area contributed by atoms with Gasteiger partial charge in [0.25, 0.3) is 0 Å². The van der Waals surface area contributed by atoms with Crippen LogP contribution in [0, 0.1) is 0 Å². The van der Waals surface area contributed by atoms with Gasteiger partial charge in [0.05, 0.1) is 30.0 Å². The molecule has 9 heteroatoms. The summed E-state index contributed by atoms with van der Waals surface area (Å²) >= 11 is 0. The Morgan fingerprint density at radius 3 is 2.43 bits per heavy atom. The number of carbonyl (C=O) groups excluding carboxylic acids is 1. The molecule has 3 aromatic rings. The van der Waals surface area contributed by atoms with Crippen molar-refractivity contribution in [2.45, 2.75) is 32.5 Å². The van der Waals surface area contributed by atoms with Gasteiger partial charge in [-0.05, 0) is 45.6 Å². The topological polar surface area (TPSA) is 59.7 Å². The van der Waals surface area contributed by atoms with Crippen LogP contribution in [0.5, 0.6) is 0 Å². The minimum atomic E-state index is -4.40. The molecule has 0 aliphatic heterocycles. The largest absolute Gasteiger partial charge is 0.465 e. The van der Waals surface area contributed by atoms with Crippen LogP contribution in [-0.4, -0.2) is 46.2 Å². The van der Waals surface area contributed by atoms with Crippen LogP contribution in [0.2, 0.25) is 0 Å². The Labute approximate surface area is 172 Å². The summed E-state index contributed by atoms with van der Waals surface area (Å²) in [6.45, 7) is 4.28. The standard InChI is InChI=1S/C21H23F3N4O2/c1-5-30-20(29)13(2)18-15(12-27(3)4)10-25-19-17(11-26-28(18)19)14-6-8-16(9-7-14)21(22,23)24/h6-11,13H,5,12H2,1-4H3. The zero-order valence-electron chi connectivity index (χ0n) is 17.2. The Morgan fingerprint density at radius 2 is 1.87 bits per heavy atom. The zero-order valence-corrected chi connectivity index (χ0v) is 17.2. The monoisotopic (exact) mass is 420 g/mol. The summed E-state index contributed by atoms with van der Waals surface area (Å²) in [4.78, 5) is 18.9. The number of hydrogen-bond acceptors (Lipinski definition) is 5. The summed E-state index contributed by atoms with van der Waals surface area (Å²) in [7, 11) is 3.81. The molecule has 3 rings (SSSR count). The van der Waals surface area contributed by atoms with Crippen molar-refractivity contribution in [2.75, 3.05) is 20.7 Å². The van der Waals surface area contributed by atoms with Gasteiger partial charge in [-0.2, -0.15) is 18.3 Å². The molecule has 1 aromatic carbocycles. The van der Waals surface area contributed by atoms with Crippen LogP contribution in [-0.2, 0) is 22.3 Å². The first kappa shape index (κ1) is 21.8. The Hall–Kier alpha value is -2.94. The summed E-state index contributed by atoms with van der Waals surface area (Å²) < 4.78 is 45.4. The fraction of sp³-hybridized carbons (Fsp3) is 0.381. The van der Waals surface area contributed by atoms with E-state index in [0.29, 0.717) is 29.0 Å². The van der Waals surface area contributed by atoms with Crippen molar-refractivity contribution in [1.29, 1.82) is 0 Å². The van der Waals surface area contributed by atoms with Crippen LogP contribution >= 0.6 is 0 Å². The maximum absolute atomic E-state index is 12.9. The summed E-state index contributed by atoms with van der Waals surface area (Å²) in [5.74, 6) is -0.970. The molecule has 0 saturated carbocycles. The highest BCUT2D eigenvalue weighted by Crippen LogP contribution is 2.33. The van der Waals surface area contributed by atoms with Gasteiger partial charge in [-0.15, -0.1) is 0 Å². The average molecular weight is 420 g/mol. The number of nitrogens with zero attached hydrogens (tertiary/aromatic N) is 4. The maximum Gasteiger partial charge on any atom is 0.416 e. The van der Waals surface area contributed by atoms with E-state index in [1.54, 1.807) is 30.8 Å². The molecular weight excluding hydrogens is 397 g/mol. The quantitative estimate of drug-likeness (QED) is 0.561. The lowest BCUT2D eigenvalue weighted by Gasteiger charge is -2.19. The summed E-state index contributed by atoms with van der Waals surface area (Å²) in [5.41, 5.74) is 2.34. The molecule has 0 radical (unpaired) electrons. The molecule has 1 atom stereocenters. The molecule has 0 spiro atoms. The lowest BCUT2D eigenvalue weighted by Crippen LogP contribution is -2.21. The van der Waals surface area contributed by atoms with Crippen LogP contribution in [0.15, 0.2) is 36.7 Å². The number of alkyl halides is 3. The second-order valence-electron chi connectivity index (χ2n) is 7.25. The molecule has 30 heavy (non-hydrogen) atoms. The predicted octanol–water partition coefficient (Wildman–Crippen LogP) is 4.14. The van der Waals surface area contributed by atoms with Gasteiger partial charge in [-0.25, -0.2) is 9.50 Å². The molecule has 0 aliphatic carbocycles. The van der Waals surface area contributed by atoms with Gasteiger partial charge in [0.15, 0.2) is 5.65 Å². The number of fused-ring (bicyclic) bond motifs is 1. The van der Waals surface area contributed by atoms with Crippen molar-refractivity contribution in [2.24, 2.45) is 0 Å². The number of aromatic nitrogens is 3. The van der Waals surface area contributed by atoms with Crippen LogP contribution in [0.3, 0.4) is 0 Å². The zero-order chi connectivity index (χ0) is 22.1. The highest BCUT2D eigenvalue weighted by Gasteiger charge is 2.30. The smallest absolute Gasteiger partial charge is 0.416 e. The second-order valence-corrected chi connectivity index (χ2v) is 7.25. The predicted molar refractivity (Wildman–Crippen MR) is 106 cm³/mol. The number of esters is 1. The molecule has 0 bridgehead atoms. The summed E-state index contributed by atoms with van der Waals surface area (Å²) in [6.07, 6.45) is -1.18. The molecule has 0 fully saturated rings. The molecule has 1 unspecified atom stereocenters. The number of rotatable bonds is 6. The van der Waals surface area contributed by atoms with Gasteiger partial charge in [-0.1, -0.05) is 12.1 Å². The van der Waals surface area contributed by atoms with E-state index >= 15 is 0 Å². The van der Waals surface area contributed by atoms with Gasteiger partial charge >= 0.3 is 12.1 Å². The molecule has 2 aromatic heterocycles. The first-order chi connectivity index (χ1) is 14.1. The van der Waals surface area contributed by atoms with Crippen molar-refractivity contribution >= 4 is 11.6 Å². The number of benzene rings is 1. The minimum absolute atomic E-state index is 0.260. The lowest BCUT2D eigenvalue weighted by atomic mass is 10.0. The molecule has 2 heterocycles. The number of halogens is 3. The van der Waals surface area contributed by atoms with E-state index in [4.69, 9.17) is 4.74 Å². The first-order valence-electron chi connectivity index (χ1n) is 9.48. The van der Waals surface area contributed by atoms with E-state index in [1.165, 1.54) is 12.1 Å². The first-order valence-corrected chi connectivity index (χ1v) is 9.48. The molecule has 0 amide bonds. The van der Waals surface area contributed by atoms with Gasteiger partial charge in [0, 0.05) is 23.9 Å². The SMILES string of the molecule is CCOC(=O)C(C)c1c(CN(C)C)cnc2c(-c3ccc(C(F)(F)F)cc3)cnn12. The van der Waals surface area contributed by atoms with Gasteiger partial charge in [0.2, 0.25) is 0 Å². The molecule has 160 valence electrons. The molecule has 0 saturated heterocycles. The highest BCUT2D eigenvalue weighted by atomic mass is 19.4. The van der Waals surface area contributed by atoms with E-state index in [2.05, 4.69) is 10.1 Å². The van der Waals surface area contributed by atoms with E-state index in [9.17, 15) is 18.0 Å². The summed E-state index contributed by atoms with van der Waals surface area (Å²) in [5, 5.41) is 4.40. The van der Waals surface area contributed by atoms with E-state index in [0.717, 1.165) is 17.7 Å². The summed E-state index contributed by atoms with van der Waals surface area (Å²) in [6, 6.07) is 4.84. The minimum Gasteiger partial charge on any atom is -0.465 e. The Bertz CT molecular complexity index is 1040. The van der Waals surface area contributed by atoms with Crippen LogP contribution in [0.1, 0.15) is 36.6 Å². The molecule has 0 aliphatic rings. The van der Waals surface area contributed by atoms with Crippen molar-refractivity contribution in [3.63, 3.8) is 0 Å². The van der Waals surface area contributed by atoms with Gasteiger partial charge in [-0.3, -0.25) is 4.79 Å². The molecular formula is C21H23F3N4O2. The lowest BCUT2D eigenvalue weighted by molar-refractivity contribution is -0.144. The highest BCUT2D eigenvalue weighted by molar-refractivity contribution is 5.80. The van der Waals surface area contributed by atoms with Crippen LogP contribution in [0.25, 0.3) is 16.8 Å². The molecule has 6 nitrogen and oxygen atoms in total. The second kappa shape index (κ2) is 8.43. The van der Waals surface area contributed by atoms with E-state index in [1.807, 2.05) is 19.0 Å². The normalized spacial score (nSPS) is 13.1. The third kappa shape index (κ3) is 4.30. The number of carbonyl (C=O) groups is 1. The molecule has 0 N–H and O–H groups in total. The van der Waals surface area contributed by atoms with Crippen molar-refractivity contribution in [3.8, 4) is 11.1 Å². The van der Waals surface area contributed by atoms with Gasteiger partial charge in [0.1, 0.15) is 0 Å². The Kier molecular flexibility index (Phi) is 6.12.